The van der Waals surface area contributed by atoms with Gasteiger partial charge in [0.2, 0.25) is 15.9 Å². The Labute approximate surface area is 188 Å². The molecule has 0 bridgehead atoms. The molecule has 2 aliphatic heterocycles. The summed E-state index contributed by atoms with van der Waals surface area (Å²) in [5, 5.41) is 3.01. The fraction of sp³-hybridized carbons (Fsp3) is 0.500. The number of nitrogens with one attached hydrogen (secondary N) is 1. The van der Waals surface area contributed by atoms with Crippen molar-refractivity contribution in [2.45, 2.75) is 24.2 Å². The van der Waals surface area contributed by atoms with Crippen LogP contribution in [0.2, 0.25) is 0 Å². The van der Waals surface area contributed by atoms with Gasteiger partial charge in [-0.3, -0.25) is 9.78 Å². The van der Waals surface area contributed by atoms with Crippen molar-refractivity contribution in [2.24, 2.45) is 5.92 Å². The summed E-state index contributed by atoms with van der Waals surface area (Å²) in [7, 11) is -3.65. The lowest BCUT2D eigenvalue weighted by Gasteiger charge is -2.34. The van der Waals surface area contributed by atoms with Gasteiger partial charge < -0.3 is 15.0 Å². The lowest BCUT2D eigenvalue weighted by atomic mass is 9.96. The third kappa shape index (κ3) is 5.25. The Hall–Kier alpha value is -2.56. The molecule has 2 fully saturated rings. The van der Waals surface area contributed by atoms with Gasteiger partial charge in [-0.05, 0) is 37.1 Å². The van der Waals surface area contributed by atoms with Gasteiger partial charge in [0.15, 0.2) is 0 Å². The van der Waals surface area contributed by atoms with Crippen molar-refractivity contribution in [3.63, 3.8) is 0 Å². The molecule has 32 heavy (non-hydrogen) atoms. The smallest absolute Gasteiger partial charge is 0.246 e. The maximum atomic E-state index is 13.2. The number of carbonyl (C=O) groups excluding carboxylic acids is 1. The van der Waals surface area contributed by atoms with Crippen LogP contribution in [0.1, 0.15) is 18.5 Å². The van der Waals surface area contributed by atoms with Crippen LogP contribution in [0.25, 0.3) is 0 Å². The topological polar surface area (TPSA) is 105 Å². The van der Waals surface area contributed by atoms with Crippen LogP contribution in [-0.4, -0.2) is 74.5 Å². The number of carbonyl (C=O) groups is 1. The normalized spacial score (nSPS) is 18.4. The molecule has 0 unspecified atom stereocenters. The molecule has 2 aromatic heterocycles. The Morgan fingerprint density at radius 3 is 2.50 bits per heavy atom. The van der Waals surface area contributed by atoms with E-state index in [9.17, 15) is 13.2 Å². The van der Waals surface area contributed by atoms with Crippen molar-refractivity contribution in [1.29, 1.82) is 0 Å². The first kappa shape index (κ1) is 22.6. The number of hydrogen-bond donors (Lipinski definition) is 1. The number of aromatic nitrogens is 2. The van der Waals surface area contributed by atoms with Crippen molar-refractivity contribution < 1.29 is 17.9 Å². The Morgan fingerprint density at radius 2 is 1.78 bits per heavy atom. The SMILES string of the molecule is O=C(NCCc1ccccn1)C1CCN(c2ncccc2S(=O)(=O)N2CCOCC2)CC1. The van der Waals surface area contributed by atoms with E-state index in [0.29, 0.717) is 71.0 Å². The van der Waals surface area contributed by atoms with Gasteiger partial charge in [-0.25, -0.2) is 13.4 Å². The molecule has 0 spiro atoms. The second kappa shape index (κ2) is 10.4. The van der Waals surface area contributed by atoms with Crippen molar-refractivity contribution in [3.8, 4) is 0 Å². The highest BCUT2D eigenvalue weighted by Crippen LogP contribution is 2.29. The summed E-state index contributed by atoms with van der Waals surface area (Å²) >= 11 is 0. The predicted octanol–water partition coefficient (Wildman–Crippen LogP) is 1.07. The minimum absolute atomic E-state index is 0.0442. The van der Waals surface area contributed by atoms with Crippen LogP contribution in [0.4, 0.5) is 5.82 Å². The summed E-state index contributed by atoms with van der Waals surface area (Å²) < 4.78 is 33.1. The van der Waals surface area contributed by atoms with Crippen LogP contribution in [0, 0.1) is 5.92 Å². The van der Waals surface area contributed by atoms with Crippen molar-refractivity contribution >= 4 is 21.7 Å². The van der Waals surface area contributed by atoms with E-state index >= 15 is 0 Å². The summed E-state index contributed by atoms with van der Waals surface area (Å²) in [6.45, 7) is 3.21. The van der Waals surface area contributed by atoms with Crippen molar-refractivity contribution in [1.82, 2.24) is 19.6 Å². The van der Waals surface area contributed by atoms with Gasteiger partial charge >= 0.3 is 0 Å². The first-order valence-electron chi connectivity index (χ1n) is 11.0. The molecule has 0 aliphatic carbocycles. The highest BCUT2D eigenvalue weighted by atomic mass is 32.2. The van der Waals surface area contributed by atoms with E-state index in [0.717, 1.165) is 5.69 Å². The average molecular weight is 460 g/mol. The monoisotopic (exact) mass is 459 g/mol. The van der Waals surface area contributed by atoms with Gasteiger partial charge in [-0.2, -0.15) is 4.31 Å². The van der Waals surface area contributed by atoms with Crippen LogP contribution < -0.4 is 10.2 Å². The number of piperidine rings is 1. The predicted molar refractivity (Wildman–Crippen MR) is 120 cm³/mol. The fourth-order valence-electron chi connectivity index (χ4n) is 4.10. The molecule has 1 amide bonds. The third-order valence-corrected chi connectivity index (χ3v) is 7.83. The molecule has 2 aromatic rings. The molecular formula is C22H29N5O4S. The quantitative estimate of drug-likeness (QED) is 0.660. The standard InChI is InChI=1S/C22H29N5O4S/c28-22(25-11-6-19-4-1-2-9-23-19)18-7-12-26(13-8-18)21-20(5-3-10-24-21)32(29,30)27-14-16-31-17-15-27/h1-5,9-10,18H,6-8,11-17H2,(H,25,28). The number of anilines is 1. The van der Waals surface area contributed by atoms with Gasteiger partial charge in [0.05, 0.1) is 13.2 Å². The molecular weight excluding hydrogens is 430 g/mol. The summed E-state index contributed by atoms with van der Waals surface area (Å²) in [4.78, 5) is 23.5. The molecule has 4 rings (SSSR count). The van der Waals surface area contributed by atoms with Crippen molar-refractivity contribution in [2.75, 3.05) is 50.8 Å². The highest BCUT2D eigenvalue weighted by Gasteiger charge is 2.32. The molecule has 4 heterocycles. The van der Waals surface area contributed by atoms with E-state index in [2.05, 4.69) is 15.3 Å². The van der Waals surface area contributed by atoms with Crippen molar-refractivity contribution in [3.05, 3.63) is 48.4 Å². The molecule has 10 heteroatoms. The molecule has 2 aliphatic rings. The maximum absolute atomic E-state index is 13.2. The third-order valence-electron chi connectivity index (χ3n) is 5.91. The lowest BCUT2D eigenvalue weighted by molar-refractivity contribution is -0.125. The van der Waals surface area contributed by atoms with Crippen LogP contribution in [0.15, 0.2) is 47.6 Å². The van der Waals surface area contributed by atoms with Crippen LogP contribution in [0.3, 0.4) is 0 Å². The van der Waals surface area contributed by atoms with Gasteiger partial charge in [0, 0.05) is 63.2 Å². The van der Waals surface area contributed by atoms with Gasteiger partial charge in [-0.1, -0.05) is 6.07 Å². The van der Waals surface area contributed by atoms with E-state index < -0.39 is 10.0 Å². The van der Waals surface area contributed by atoms with Crippen LogP contribution >= 0.6 is 0 Å². The number of pyridine rings is 2. The molecule has 0 radical (unpaired) electrons. The summed E-state index contributed by atoms with van der Waals surface area (Å²) in [6.07, 6.45) is 5.37. The molecule has 1 N–H and O–H groups in total. The Kier molecular flexibility index (Phi) is 7.33. The first-order valence-corrected chi connectivity index (χ1v) is 12.4. The maximum Gasteiger partial charge on any atom is 0.246 e. The summed E-state index contributed by atoms with van der Waals surface area (Å²) in [5.74, 6) is 0.425. The lowest BCUT2D eigenvalue weighted by Crippen LogP contribution is -2.43. The molecule has 0 atom stereocenters. The number of amides is 1. The second-order valence-electron chi connectivity index (χ2n) is 7.97. The van der Waals surface area contributed by atoms with Gasteiger partial charge in [-0.15, -0.1) is 0 Å². The van der Waals surface area contributed by atoms with Gasteiger partial charge in [0.25, 0.3) is 0 Å². The molecule has 0 aromatic carbocycles. The Bertz CT molecular complexity index is 1000. The van der Waals surface area contributed by atoms with Crippen LogP contribution in [0.5, 0.6) is 0 Å². The minimum atomic E-state index is -3.65. The zero-order chi connectivity index (χ0) is 22.4. The second-order valence-corrected chi connectivity index (χ2v) is 9.87. The number of sulfonamides is 1. The zero-order valence-electron chi connectivity index (χ0n) is 18.0. The average Bonchev–Trinajstić information content (AvgIpc) is 2.85. The number of hydrogen-bond acceptors (Lipinski definition) is 7. The van der Waals surface area contributed by atoms with E-state index in [1.165, 1.54) is 4.31 Å². The molecule has 172 valence electrons. The molecule has 2 saturated heterocycles. The molecule has 9 nitrogen and oxygen atoms in total. The first-order chi connectivity index (χ1) is 15.6. The van der Waals surface area contributed by atoms with E-state index in [-0.39, 0.29) is 16.7 Å². The Morgan fingerprint density at radius 1 is 1.03 bits per heavy atom. The number of nitrogens with zero attached hydrogens (tertiary/aromatic N) is 4. The van der Waals surface area contributed by atoms with E-state index in [1.54, 1.807) is 24.5 Å². The molecule has 0 saturated carbocycles. The fourth-order valence-corrected chi connectivity index (χ4v) is 5.68. The number of rotatable bonds is 7. The summed E-state index contributed by atoms with van der Waals surface area (Å²) in [5.41, 5.74) is 0.951. The van der Waals surface area contributed by atoms with E-state index in [1.807, 2.05) is 23.1 Å². The number of ether oxygens (including phenoxy) is 1. The minimum Gasteiger partial charge on any atom is -0.379 e. The largest absolute Gasteiger partial charge is 0.379 e. The Balaban J connectivity index is 1.35. The number of morpholine rings is 1. The van der Waals surface area contributed by atoms with E-state index in [4.69, 9.17) is 4.74 Å². The van der Waals surface area contributed by atoms with Crippen LogP contribution in [-0.2, 0) is 26.0 Å². The summed E-state index contributed by atoms with van der Waals surface area (Å²) in [6, 6.07) is 9.02. The zero-order valence-corrected chi connectivity index (χ0v) is 18.8. The highest BCUT2D eigenvalue weighted by molar-refractivity contribution is 7.89. The van der Waals surface area contributed by atoms with Gasteiger partial charge in [0.1, 0.15) is 10.7 Å².